The molecule has 1 atom stereocenters. The largest absolute Gasteiger partial charge is 0.493 e. The number of nitrogens with zero attached hydrogens (tertiary/aromatic N) is 2. The number of aromatic nitrogens is 1. The van der Waals surface area contributed by atoms with Gasteiger partial charge in [0.25, 0.3) is 5.69 Å². The van der Waals surface area contributed by atoms with E-state index in [1.807, 2.05) is 24.3 Å². The van der Waals surface area contributed by atoms with Gasteiger partial charge in [0.1, 0.15) is 17.8 Å². The van der Waals surface area contributed by atoms with Crippen molar-refractivity contribution < 1.29 is 9.66 Å². The van der Waals surface area contributed by atoms with Crippen molar-refractivity contribution in [3.63, 3.8) is 0 Å². The summed E-state index contributed by atoms with van der Waals surface area (Å²) in [5, 5.41) is 14.1. The first-order valence-electron chi connectivity index (χ1n) is 6.74. The summed E-state index contributed by atoms with van der Waals surface area (Å²) >= 11 is 0. The SMILES string of the molecule is Cc1cc(NC2CCOc3ccccc32)ncc1[N+](=O)[O-]. The normalized spacial score (nSPS) is 16.7. The van der Waals surface area contributed by atoms with E-state index in [-0.39, 0.29) is 11.7 Å². The molecule has 1 aromatic heterocycles. The van der Waals surface area contributed by atoms with Crippen LogP contribution in [0.4, 0.5) is 11.5 Å². The summed E-state index contributed by atoms with van der Waals surface area (Å²) in [4.78, 5) is 14.5. The summed E-state index contributed by atoms with van der Waals surface area (Å²) in [5.41, 5.74) is 1.72. The molecule has 6 heteroatoms. The topological polar surface area (TPSA) is 77.3 Å². The first-order valence-corrected chi connectivity index (χ1v) is 6.74. The van der Waals surface area contributed by atoms with E-state index in [0.717, 1.165) is 17.7 Å². The molecule has 0 radical (unpaired) electrons. The van der Waals surface area contributed by atoms with Crippen LogP contribution >= 0.6 is 0 Å². The lowest BCUT2D eigenvalue weighted by Gasteiger charge is -2.27. The highest BCUT2D eigenvalue weighted by atomic mass is 16.6. The van der Waals surface area contributed by atoms with Crippen molar-refractivity contribution in [2.24, 2.45) is 0 Å². The molecule has 1 aromatic carbocycles. The molecule has 0 aliphatic carbocycles. The summed E-state index contributed by atoms with van der Waals surface area (Å²) in [6, 6.07) is 9.67. The molecule has 0 fully saturated rings. The minimum Gasteiger partial charge on any atom is -0.493 e. The van der Waals surface area contributed by atoms with Crippen molar-refractivity contribution in [3.05, 3.63) is 57.8 Å². The van der Waals surface area contributed by atoms with Crippen molar-refractivity contribution in [2.45, 2.75) is 19.4 Å². The van der Waals surface area contributed by atoms with Crippen LogP contribution in [0.3, 0.4) is 0 Å². The van der Waals surface area contributed by atoms with Gasteiger partial charge in [0.15, 0.2) is 0 Å². The van der Waals surface area contributed by atoms with Crippen LogP contribution in [0.15, 0.2) is 36.5 Å². The van der Waals surface area contributed by atoms with Crippen LogP contribution in [0.2, 0.25) is 0 Å². The van der Waals surface area contributed by atoms with Crippen LogP contribution in [0, 0.1) is 17.0 Å². The van der Waals surface area contributed by atoms with E-state index in [0.29, 0.717) is 18.0 Å². The van der Waals surface area contributed by atoms with Gasteiger partial charge in [0, 0.05) is 17.5 Å². The van der Waals surface area contributed by atoms with E-state index >= 15 is 0 Å². The van der Waals surface area contributed by atoms with Gasteiger partial charge in [-0.15, -0.1) is 0 Å². The molecule has 21 heavy (non-hydrogen) atoms. The van der Waals surface area contributed by atoms with Crippen molar-refractivity contribution in [1.29, 1.82) is 0 Å². The van der Waals surface area contributed by atoms with Gasteiger partial charge in [-0.05, 0) is 19.1 Å². The highest BCUT2D eigenvalue weighted by Gasteiger charge is 2.21. The molecule has 2 heterocycles. The Morgan fingerprint density at radius 2 is 2.24 bits per heavy atom. The van der Waals surface area contributed by atoms with E-state index in [1.165, 1.54) is 6.20 Å². The smallest absolute Gasteiger partial charge is 0.290 e. The summed E-state index contributed by atoms with van der Waals surface area (Å²) < 4.78 is 5.62. The lowest BCUT2D eigenvalue weighted by atomic mass is 10.0. The van der Waals surface area contributed by atoms with Gasteiger partial charge in [-0.3, -0.25) is 10.1 Å². The number of ether oxygens (including phenoxy) is 1. The molecule has 0 spiro atoms. The van der Waals surface area contributed by atoms with Crippen molar-refractivity contribution >= 4 is 11.5 Å². The number of aryl methyl sites for hydroxylation is 1. The maximum absolute atomic E-state index is 10.8. The summed E-state index contributed by atoms with van der Waals surface area (Å²) in [6.07, 6.45) is 2.12. The maximum Gasteiger partial charge on any atom is 0.290 e. The zero-order valence-corrected chi connectivity index (χ0v) is 11.6. The molecule has 0 saturated heterocycles. The number of nitrogens with one attached hydrogen (secondary N) is 1. The Morgan fingerprint density at radius 3 is 3.00 bits per heavy atom. The molecule has 0 amide bonds. The molecule has 1 aliphatic heterocycles. The number of anilines is 1. The standard InChI is InChI=1S/C15H15N3O3/c1-10-8-15(16-9-13(10)18(19)20)17-12-6-7-21-14-5-3-2-4-11(12)14/h2-5,8-9,12H,6-7H2,1H3,(H,16,17). The number of fused-ring (bicyclic) bond motifs is 1. The number of benzene rings is 1. The van der Waals surface area contributed by atoms with Crippen molar-refractivity contribution in [3.8, 4) is 5.75 Å². The minimum absolute atomic E-state index is 0.0351. The lowest BCUT2D eigenvalue weighted by molar-refractivity contribution is -0.385. The molecule has 0 saturated carbocycles. The van der Waals surface area contributed by atoms with Crippen molar-refractivity contribution in [2.75, 3.05) is 11.9 Å². The fourth-order valence-corrected chi connectivity index (χ4v) is 2.49. The van der Waals surface area contributed by atoms with E-state index in [4.69, 9.17) is 4.74 Å². The Bertz CT molecular complexity index is 688. The zero-order valence-electron chi connectivity index (χ0n) is 11.6. The Morgan fingerprint density at radius 1 is 1.43 bits per heavy atom. The van der Waals surface area contributed by atoms with E-state index in [2.05, 4.69) is 10.3 Å². The molecule has 6 nitrogen and oxygen atoms in total. The molecular formula is C15H15N3O3. The van der Waals surface area contributed by atoms with Gasteiger partial charge in [-0.1, -0.05) is 18.2 Å². The number of para-hydroxylation sites is 1. The Balaban J connectivity index is 1.85. The molecule has 108 valence electrons. The predicted molar refractivity (Wildman–Crippen MR) is 78.5 cm³/mol. The van der Waals surface area contributed by atoms with Crippen LogP contribution in [0.5, 0.6) is 5.75 Å². The second-order valence-electron chi connectivity index (χ2n) is 4.99. The van der Waals surface area contributed by atoms with Gasteiger partial charge < -0.3 is 10.1 Å². The predicted octanol–water partition coefficient (Wildman–Crippen LogP) is 3.23. The summed E-state index contributed by atoms with van der Waals surface area (Å²) in [6.45, 7) is 2.35. The number of pyridine rings is 1. The Hall–Kier alpha value is -2.63. The first-order chi connectivity index (χ1) is 10.1. The Kier molecular flexibility index (Phi) is 3.43. The first kappa shape index (κ1) is 13.4. The fraction of sp³-hybridized carbons (Fsp3) is 0.267. The number of hydrogen-bond acceptors (Lipinski definition) is 5. The quantitative estimate of drug-likeness (QED) is 0.692. The second kappa shape index (κ2) is 5.40. The zero-order chi connectivity index (χ0) is 14.8. The molecule has 0 bridgehead atoms. The molecular weight excluding hydrogens is 270 g/mol. The van der Waals surface area contributed by atoms with Gasteiger partial charge in [-0.2, -0.15) is 0 Å². The van der Waals surface area contributed by atoms with Gasteiger partial charge in [0.2, 0.25) is 0 Å². The van der Waals surface area contributed by atoms with Crippen LogP contribution in [-0.2, 0) is 0 Å². The second-order valence-corrected chi connectivity index (χ2v) is 4.99. The third kappa shape index (κ3) is 2.65. The molecule has 1 unspecified atom stereocenters. The van der Waals surface area contributed by atoms with Crippen molar-refractivity contribution in [1.82, 2.24) is 4.98 Å². The number of rotatable bonds is 3. The van der Waals surface area contributed by atoms with Crippen LogP contribution in [0.1, 0.15) is 23.6 Å². The van der Waals surface area contributed by atoms with Gasteiger partial charge in [-0.25, -0.2) is 4.98 Å². The summed E-state index contributed by atoms with van der Waals surface area (Å²) in [7, 11) is 0. The average molecular weight is 285 g/mol. The number of nitro groups is 1. The lowest BCUT2D eigenvalue weighted by Crippen LogP contribution is -2.20. The molecule has 1 aliphatic rings. The fourth-order valence-electron chi connectivity index (χ4n) is 2.49. The number of hydrogen-bond donors (Lipinski definition) is 1. The molecule has 2 aromatic rings. The third-order valence-corrected chi connectivity index (χ3v) is 3.56. The van der Waals surface area contributed by atoms with Gasteiger partial charge >= 0.3 is 0 Å². The van der Waals surface area contributed by atoms with Crippen LogP contribution in [-0.4, -0.2) is 16.5 Å². The Labute approximate surface area is 121 Å². The highest BCUT2D eigenvalue weighted by molar-refractivity contribution is 5.49. The maximum atomic E-state index is 10.8. The van der Waals surface area contributed by atoms with E-state index in [1.54, 1.807) is 13.0 Å². The van der Waals surface area contributed by atoms with Crippen LogP contribution < -0.4 is 10.1 Å². The molecule has 1 N–H and O–H groups in total. The van der Waals surface area contributed by atoms with E-state index < -0.39 is 4.92 Å². The summed E-state index contributed by atoms with van der Waals surface area (Å²) in [5.74, 6) is 1.51. The minimum atomic E-state index is -0.421. The highest BCUT2D eigenvalue weighted by Crippen LogP contribution is 2.34. The van der Waals surface area contributed by atoms with Gasteiger partial charge in [0.05, 0.1) is 17.6 Å². The van der Waals surface area contributed by atoms with E-state index in [9.17, 15) is 10.1 Å². The third-order valence-electron chi connectivity index (χ3n) is 3.56. The molecule has 3 rings (SSSR count). The monoisotopic (exact) mass is 285 g/mol. The van der Waals surface area contributed by atoms with Crippen LogP contribution in [0.25, 0.3) is 0 Å². The average Bonchev–Trinajstić information content (AvgIpc) is 2.47.